The number of halogens is 1. The number of H-pyrrole nitrogens is 1. The fourth-order valence-corrected chi connectivity index (χ4v) is 7.93. The van der Waals surface area contributed by atoms with E-state index in [4.69, 9.17) is 17.3 Å². The van der Waals surface area contributed by atoms with E-state index >= 15 is 0 Å². The average Bonchev–Trinajstić information content (AvgIpc) is 2.73. The minimum Gasteiger partial charge on any atom is -0.383 e. The Labute approximate surface area is 217 Å². The molecule has 2 amide bonds. The van der Waals surface area contributed by atoms with Gasteiger partial charge >= 0.3 is 5.69 Å². The first-order valence-electron chi connectivity index (χ1n) is 13.1. The molecular formula is C26H40ClN5O4. The number of hydrogen-bond donors (Lipinski definition) is 2. The number of carbonyl (C=O) groups excluding carboxylic acids is 2. The summed E-state index contributed by atoms with van der Waals surface area (Å²) in [6.45, 7) is 8.08. The van der Waals surface area contributed by atoms with E-state index < -0.39 is 22.6 Å². The quantitative estimate of drug-likeness (QED) is 0.509. The van der Waals surface area contributed by atoms with Crippen LogP contribution < -0.4 is 21.9 Å². The van der Waals surface area contributed by atoms with Crippen molar-refractivity contribution < 1.29 is 9.59 Å². The van der Waals surface area contributed by atoms with E-state index in [-0.39, 0.29) is 47.2 Å². The maximum Gasteiger partial charge on any atom is 0.330 e. The molecule has 4 aliphatic rings. The lowest BCUT2D eigenvalue weighted by Gasteiger charge is -2.59. The zero-order valence-electron chi connectivity index (χ0n) is 22.1. The zero-order valence-corrected chi connectivity index (χ0v) is 22.9. The molecule has 0 radical (unpaired) electrons. The number of alkyl halides is 1. The van der Waals surface area contributed by atoms with Crippen LogP contribution in [0.5, 0.6) is 0 Å². The number of rotatable bonds is 8. The van der Waals surface area contributed by atoms with E-state index in [0.29, 0.717) is 24.8 Å². The van der Waals surface area contributed by atoms with Gasteiger partial charge in [0.25, 0.3) is 5.56 Å². The third-order valence-corrected chi connectivity index (χ3v) is 8.49. The Kier molecular flexibility index (Phi) is 7.09. The largest absolute Gasteiger partial charge is 0.383 e. The number of nitrogens with one attached hydrogen (secondary N) is 1. The van der Waals surface area contributed by atoms with Crippen molar-refractivity contribution in [2.45, 2.75) is 77.6 Å². The number of carbonyl (C=O) groups is 2. The first kappa shape index (κ1) is 26.8. The molecule has 4 bridgehead atoms. The minimum atomic E-state index is -0.703. The van der Waals surface area contributed by atoms with Gasteiger partial charge in [-0.1, -0.05) is 27.7 Å². The van der Waals surface area contributed by atoms with Crippen molar-refractivity contribution >= 4 is 34.9 Å². The van der Waals surface area contributed by atoms with E-state index in [9.17, 15) is 19.2 Å². The maximum absolute atomic E-state index is 13.8. The summed E-state index contributed by atoms with van der Waals surface area (Å²) in [6, 6.07) is 0. The number of nitrogen functional groups attached to an aromatic ring is 1. The van der Waals surface area contributed by atoms with Gasteiger partial charge in [-0.25, -0.2) is 4.79 Å². The molecular weight excluding hydrogens is 482 g/mol. The van der Waals surface area contributed by atoms with Gasteiger partial charge in [0, 0.05) is 25.0 Å². The van der Waals surface area contributed by atoms with Crippen molar-refractivity contribution in [3.05, 3.63) is 20.8 Å². The molecule has 4 aliphatic carbocycles. The van der Waals surface area contributed by atoms with Crippen LogP contribution in [0, 0.1) is 29.1 Å². The predicted octanol–water partition coefficient (Wildman–Crippen LogP) is 2.80. The predicted molar refractivity (Wildman–Crippen MR) is 141 cm³/mol. The van der Waals surface area contributed by atoms with Crippen LogP contribution >= 0.6 is 11.6 Å². The van der Waals surface area contributed by atoms with Crippen molar-refractivity contribution in [2.24, 2.45) is 29.1 Å². The molecule has 5 rings (SSSR count). The third kappa shape index (κ3) is 4.95. The SMILES string of the molecule is CC(C)CN(C(=O)CN(C)C(=O)C12CC3CC(CC(Cl)(C3)C1)C2)c1c(N)n(CC(C)C)c(=O)[nH]c1=O. The van der Waals surface area contributed by atoms with Gasteiger partial charge in [-0.15, -0.1) is 11.6 Å². The van der Waals surface area contributed by atoms with Crippen molar-refractivity contribution in [3.63, 3.8) is 0 Å². The van der Waals surface area contributed by atoms with Crippen LogP contribution in [0.25, 0.3) is 0 Å². The number of anilines is 2. The lowest BCUT2D eigenvalue weighted by molar-refractivity contribution is -0.155. The number of nitrogens with two attached hydrogens (primary N) is 1. The first-order valence-corrected chi connectivity index (χ1v) is 13.5. The number of amides is 2. The molecule has 36 heavy (non-hydrogen) atoms. The van der Waals surface area contributed by atoms with Gasteiger partial charge in [-0.2, -0.15) is 0 Å². The fraction of sp³-hybridized carbons (Fsp3) is 0.769. The molecule has 1 aromatic heterocycles. The molecule has 1 heterocycles. The molecule has 200 valence electrons. The Morgan fingerprint density at radius 3 is 2.25 bits per heavy atom. The molecule has 3 N–H and O–H groups in total. The molecule has 1 aromatic rings. The summed E-state index contributed by atoms with van der Waals surface area (Å²) >= 11 is 6.94. The molecule has 0 spiro atoms. The van der Waals surface area contributed by atoms with Gasteiger partial charge < -0.3 is 15.5 Å². The van der Waals surface area contributed by atoms with Crippen LogP contribution in [0.15, 0.2) is 9.59 Å². The molecule has 2 atom stereocenters. The normalized spacial score (nSPS) is 28.7. The second kappa shape index (κ2) is 9.54. The van der Waals surface area contributed by atoms with Crippen LogP contribution in [0.2, 0.25) is 0 Å². The van der Waals surface area contributed by atoms with Crippen molar-refractivity contribution in [3.8, 4) is 0 Å². The number of aromatic amines is 1. The van der Waals surface area contributed by atoms with Gasteiger partial charge in [0.15, 0.2) is 5.69 Å². The standard InChI is InChI=1S/C26H40ClN5O4/c1-15(2)11-31(20-21(28)32(12-16(3)4)24(36)29-22(20)34)19(33)13-30(5)23(35)25-7-17-6-18(8-25)10-26(27,9-17)14-25/h15-18H,6-14,28H2,1-5H3,(H,29,34,36). The molecule has 2 unspecified atom stereocenters. The van der Waals surface area contributed by atoms with Crippen LogP contribution in [0.4, 0.5) is 11.5 Å². The number of likely N-dealkylation sites (N-methyl/N-ethyl adjacent to an activating group) is 1. The van der Waals surface area contributed by atoms with Gasteiger partial charge in [0.2, 0.25) is 11.8 Å². The summed E-state index contributed by atoms with van der Waals surface area (Å²) < 4.78 is 1.30. The van der Waals surface area contributed by atoms with Crippen molar-refractivity contribution in [2.75, 3.05) is 30.8 Å². The van der Waals surface area contributed by atoms with Crippen LogP contribution in [0.3, 0.4) is 0 Å². The third-order valence-electron chi connectivity index (χ3n) is 8.04. The highest BCUT2D eigenvalue weighted by Crippen LogP contribution is 2.64. The second-order valence-electron chi connectivity index (χ2n) is 12.4. The molecule has 10 heteroatoms. The monoisotopic (exact) mass is 521 g/mol. The average molecular weight is 522 g/mol. The Bertz CT molecular complexity index is 1140. The lowest BCUT2D eigenvalue weighted by atomic mass is 9.49. The van der Waals surface area contributed by atoms with Gasteiger partial charge in [0.05, 0.1) is 12.0 Å². The highest BCUT2D eigenvalue weighted by molar-refractivity contribution is 6.24. The van der Waals surface area contributed by atoms with Gasteiger partial charge in [-0.3, -0.25) is 23.9 Å². The summed E-state index contributed by atoms with van der Waals surface area (Å²) in [5, 5.41) is 0. The molecule has 4 saturated carbocycles. The molecule has 0 saturated heterocycles. The summed E-state index contributed by atoms with van der Waals surface area (Å²) in [7, 11) is 1.65. The smallest absolute Gasteiger partial charge is 0.330 e. The second-order valence-corrected chi connectivity index (χ2v) is 13.3. The van der Waals surface area contributed by atoms with E-state index in [1.54, 1.807) is 7.05 Å². The molecule has 9 nitrogen and oxygen atoms in total. The highest BCUT2D eigenvalue weighted by atomic mass is 35.5. The molecule has 4 fully saturated rings. The summed E-state index contributed by atoms with van der Waals surface area (Å²) in [6.07, 6.45) is 5.41. The van der Waals surface area contributed by atoms with Gasteiger partial charge in [-0.05, 0) is 62.2 Å². The van der Waals surface area contributed by atoms with Crippen LogP contribution in [-0.4, -0.2) is 51.3 Å². The lowest BCUT2D eigenvalue weighted by Crippen LogP contribution is -2.59. The zero-order chi connectivity index (χ0) is 26.6. The Balaban J connectivity index is 1.60. The summed E-state index contributed by atoms with van der Waals surface area (Å²) in [5.74, 6) is 0.587. The minimum absolute atomic E-state index is 0.0264. The van der Waals surface area contributed by atoms with Crippen molar-refractivity contribution in [1.29, 1.82) is 0 Å². The topological polar surface area (TPSA) is 121 Å². The van der Waals surface area contributed by atoms with Crippen LogP contribution in [-0.2, 0) is 16.1 Å². The molecule has 0 aliphatic heterocycles. The van der Waals surface area contributed by atoms with Crippen LogP contribution in [0.1, 0.15) is 66.2 Å². The Hall–Kier alpha value is -2.29. The van der Waals surface area contributed by atoms with E-state index in [1.165, 1.54) is 14.4 Å². The van der Waals surface area contributed by atoms with E-state index in [1.807, 2.05) is 27.7 Å². The molecule has 0 aromatic carbocycles. The van der Waals surface area contributed by atoms with E-state index in [2.05, 4.69) is 4.98 Å². The number of hydrogen-bond acceptors (Lipinski definition) is 5. The Morgan fingerprint density at radius 2 is 1.72 bits per heavy atom. The number of nitrogens with zero attached hydrogens (tertiary/aromatic N) is 3. The van der Waals surface area contributed by atoms with Gasteiger partial charge in [0.1, 0.15) is 5.82 Å². The Morgan fingerprint density at radius 1 is 1.11 bits per heavy atom. The highest BCUT2D eigenvalue weighted by Gasteiger charge is 2.60. The maximum atomic E-state index is 13.8. The summed E-state index contributed by atoms with van der Waals surface area (Å²) in [5.41, 5.74) is 4.46. The number of aromatic nitrogens is 2. The first-order chi connectivity index (χ1) is 16.7. The summed E-state index contributed by atoms with van der Waals surface area (Å²) in [4.78, 5) is 57.5. The fourth-order valence-electron chi connectivity index (χ4n) is 7.23. The van der Waals surface area contributed by atoms with E-state index in [0.717, 1.165) is 32.1 Å². The van der Waals surface area contributed by atoms with Crippen molar-refractivity contribution in [1.82, 2.24) is 14.5 Å².